The number of hydrogen-bond acceptors (Lipinski definition) is 6. The van der Waals surface area contributed by atoms with Gasteiger partial charge in [0.05, 0.1) is 18.1 Å². The molecule has 0 aliphatic carbocycles. The fourth-order valence-electron chi connectivity index (χ4n) is 4.53. The van der Waals surface area contributed by atoms with Gasteiger partial charge < -0.3 is 19.9 Å². The number of likely N-dealkylation sites (N-methyl/N-ethyl adjacent to an activating group) is 1. The molecule has 1 amide bonds. The molecule has 2 aliphatic rings. The third-order valence-electron chi connectivity index (χ3n) is 6.05. The molecule has 0 bridgehead atoms. The second-order valence-corrected chi connectivity index (χ2v) is 8.49. The number of amides is 1. The van der Waals surface area contributed by atoms with Crippen molar-refractivity contribution in [3.05, 3.63) is 53.9 Å². The quantitative estimate of drug-likeness (QED) is 0.787. The summed E-state index contributed by atoms with van der Waals surface area (Å²) in [6.07, 6.45) is 6.37. The first kappa shape index (κ1) is 20.8. The van der Waals surface area contributed by atoms with E-state index in [0.29, 0.717) is 13.0 Å². The Balaban J connectivity index is 1.45. The Bertz CT molecular complexity index is 850. The molecule has 3 heterocycles. The predicted octanol–water partition coefficient (Wildman–Crippen LogP) is 1.98. The van der Waals surface area contributed by atoms with Gasteiger partial charge in [-0.2, -0.15) is 0 Å². The van der Waals surface area contributed by atoms with Gasteiger partial charge in [-0.1, -0.05) is 24.3 Å². The maximum atomic E-state index is 12.5. The number of carbonyl (C=O) groups excluding carboxylic acids is 1. The molecule has 0 saturated carbocycles. The van der Waals surface area contributed by atoms with Crippen LogP contribution in [0.15, 0.2) is 42.7 Å². The molecule has 1 spiro atoms. The third kappa shape index (κ3) is 4.63. The average Bonchev–Trinajstić information content (AvgIpc) is 2.75. The standard InChI is InChI=1S/C23H31N5O2/c1-27(2)15-12-24-21(29)17-19-16-18-6-3-4-7-20(18)23(30-19)8-13-28(14-9-23)22-25-10-5-11-26-22/h3-7,10-11,19H,8-9,12-17H2,1-2H3,(H,24,29). The van der Waals surface area contributed by atoms with Gasteiger partial charge in [-0.05, 0) is 50.6 Å². The van der Waals surface area contributed by atoms with Crippen molar-refractivity contribution >= 4 is 11.9 Å². The molecule has 1 fully saturated rings. The lowest BCUT2D eigenvalue weighted by Crippen LogP contribution is -2.50. The van der Waals surface area contributed by atoms with Gasteiger partial charge in [0.1, 0.15) is 0 Å². The molecule has 1 atom stereocenters. The molecule has 1 aromatic heterocycles. The molecule has 30 heavy (non-hydrogen) atoms. The van der Waals surface area contributed by atoms with Gasteiger partial charge in [0.15, 0.2) is 0 Å². The largest absolute Gasteiger partial charge is 0.366 e. The second kappa shape index (κ2) is 9.10. The zero-order valence-electron chi connectivity index (χ0n) is 17.9. The van der Waals surface area contributed by atoms with Crippen LogP contribution in [0.3, 0.4) is 0 Å². The van der Waals surface area contributed by atoms with Crippen LogP contribution < -0.4 is 10.2 Å². The van der Waals surface area contributed by atoms with E-state index in [1.807, 2.05) is 20.2 Å². The molecule has 160 valence electrons. The van der Waals surface area contributed by atoms with E-state index < -0.39 is 0 Å². The highest BCUT2D eigenvalue weighted by Crippen LogP contribution is 2.44. The SMILES string of the molecule is CN(C)CCNC(=O)CC1Cc2ccccc2C2(CCN(c3ncccn3)CC2)O1. The van der Waals surface area contributed by atoms with Crippen LogP contribution in [0.5, 0.6) is 0 Å². The van der Waals surface area contributed by atoms with Crippen molar-refractivity contribution in [1.82, 2.24) is 20.2 Å². The summed E-state index contributed by atoms with van der Waals surface area (Å²) in [5.74, 6) is 0.833. The van der Waals surface area contributed by atoms with E-state index in [1.165, 1.54) is 11.1 Å². The van der Waals surface area contributed by atoms with Crippen LogP contribution in [0.25, 0.3) is 0 Å². The van der Waals surface area contributed by atoms with Crippen LogP contribution in [-0.2, 0) is 21.6 Å². The highest BCUT2D eigenvalue weighted by Gasteiger charge is 2.44. The number of fused-ring (bicyclic) bond motifs is 2. The number of rotatable bonds is 6. The number of hydrogen-bond donors (Lipinski definition) is 1. The van der Waals surface area contributed by atoms with E-state index in [4.69, 9.17) is 4.74 Å². The third-order valence-corrected chi connectivity index (χ3v) is 6.05. The topological polar surface area (TPSA) is 70.6 Å². The molecular weight excluding hydrogens is 378 g/mol. The van der Waals surface area contributed by atoms with Crippen LogP contribution in [0.1, 0.15) is 30.4 Å². The van der Waals surface area contributed by atoms with Crippen molar-refractivity contribution in [2.24, 2.45) is 0 Å². The summed E-state index contributed by atoms with van der Waals surface area (Å²) < 4.78 is 6.68. The summed E-state index contributed by atoms with van der Waals surface area (Å²) >= 11 is 0. The lowest BCUT2D eigenvalue weighted by molar-refractivity contribution is -0.141. The van der Waals surface area contributed by atoms with E-state index >= 15 is 0 Å². The molecule has 1 N–H and O–H groups in total. The first-order chi connectivity index (χ1) is 14.6. The Labute approximate surface area is 178 Å². The van der Waals surface area contributed by atoms with Gasteiger partial charge in [-0.25, -0.2) is 9.97 Å². The number of ether oxygens (including phenoxy) is 1. The first-order valence-corrected chi connectivity index (χ1v) is 10.8. The number of carbonyl (C=O) groups is 1. The molecule has 4 rings (SSSR count). The first-order valence-electron chi connectivity index (χ1n) is 10.8. The minimum Gasteiger partial charge on any atom is -0.366 e. The number of piperidine rings is 1. The zero-order valence-corrected chi connectivity index (χ0v) is 17.9. The van der Waals surface area contributed by atoms with Crippen molar-refractivity contribution in [2.45, 2.75) is 37.4 Å². The molecule has 0 radical (unpaired) electrons. The molecule has 1 saturated heterocycles. The fraction of sp³-hybridized carbons (Fsp3) is 0.522. The summed E-state index contributed by atoms with van der Waals surface area (Å²) in [4.78, 5) is 25.5. The van der Waals surface area contributed by atoms with Gasteiger partial charge >= 0.3 is 0 Å². The summed E-state index contributed by atoms with van der Waals surface area (Å²) in [6.45, 7) is 3.16. The number of anilines is 1. The van der Waals surface area contributed by atoms with Crippen molar-refractivity contribution in [1.29, 1.82) is 0 Å². The summed E-state index contributed by atoms with van der Waals surface area (Å²) in [6, 6.07) is 10.4. The highest BCUT2D eigenvalue weighted by molar-refractivity contribution is 5.76. The van der Waals surface area contributed by atoms with Crippen LogP contribution in [0.4, 0.5) is 5.95 Å². The Morgan fingerprint density at radius 3 is 2.67 bits per heavy atom. The molecule has 7 heteroatoms. The smallest absolute Gasteiger partial charge is 0.225 e. The Morgan fingerprint density at radius 1 is 1.20 bits per heavy atom. The Kier molecular flexibility index (Phi) is 6.29. The molecule has 2 aliphatic heterocycles. The van der Waals surface area contributed by atoms with Crippen LogP contribution in [-0.4, -0.2) is 67.2 Å². The maximum Gasteiger partial charge on any atom is 0.225 e. The van der Waals surface area contributed by atoms with Crippen LogP contribution >= 0.6 is 0 Å². The maximum absolute atomic E-state index is 12.5. The van der Waals surface area contributed by atoms with E-state index in [-0.39, 0.29) is 17.6 Å². The van der Waals surface area contributed by atoms with Crippen molar-refractivity contribution in [3.8, 4) is 0 Å². The molecule has 2 aromatic rings. The zero-order chi connectivity index (χ0) is 21.0. The predicted molar refractivity (Wildman–Crippen MR) is 116 cm³/mol. The number of nitrogens with one attached hydrogen (secondary N) is 1. The van der Waals surface area contributed by atoms with Crippen molar-refractivity contribution in [3.63, 3.8) is 0 Å². The van der Waals surface area contributed by atoms with Gasteiger partial charge in [-0.3, -0.25) is 4.79 Å². The van der Waals surface area contributed by atoms with Crippen LogP contribution in [0.2, 0.25) is 0 Å². The van der Waals surface area contributed by atoms with E-state index in [1.54, 1.807) is 12.4 Å². The Hall–Kier alpha value is -2.51. The number of nitrogens with zero attached hydrogens (tertiary/aromatic N) is 4. The second-order valence-electron chi connectivity index (χ2n) is 8.49. The molecule has 7 nitrogen and oxygen atoms in total. The van der Waals surface area contributed by atoms with Crippen molar-refractivity contribution in [2.75, 3.05) is 45.2 Å². The van der Waals surface area contributed by atoms with Gasteiger partial charge in [-0.15, -0.1) is 0 Å². The highest BCUT2D eigenvalue weighted by atomic mass is 16.5. The van der Waals surface area contributed by atoms with E-state index in [0.717, 1.165) is 44.8 Å². The fourth-order valence-corrected chi connectivity index (χ4v) is 4.53. The minimum atomic E-state index is -0.339. The summed E-state index contributed by atoms with van der Waals surface area (Å²) in [7, 11) is 4.01. The van der Waals surface area contributed by atoms with E-state index in [2.05, 4.69) is 49.4 Å². The molecule has 1 unspecified atom stereocenters. The van der Waals surface area contributed by atoms with Gasteiger partial charge in [0.2, 0.25) is 11.9 Å². The average molecular weight is 410 g/mol. The molecule has 1 aromatic carbocycles. The van der Waals surface area contributed by atoms with Crippen LogP contribution in [0, 0.1) is 0 Å². The monoisotopic (exact) mass is 409 g/mol. The Morgan fingerprint density at radius 2 is 1.93 bits per heavy atom. The molecular formula is C23H31N5O2. The van der Waals surface area contributed by atoms with Gasteiger partial charge in [0.25, 0.3) is 0 Å². The summed E-state index contributed by atoms with van der Waals surface area (Å²) in [5.41, 5.74) is 2.25. The normalized spacial score (nSPS) is 20.2. The number of aromatic nitrogens is 2. The van der Waals surface area contributed by atoms with Gasteiger partial charge in [0, 0.05) is 38.6 Å². The lowest BCUT2D eigenvalue weighted by Gasteiger charge is -2.47. The lowest BCUT2D eigenvalue weighted by atomic mass is 9.78. The number of benzene rings is 1. The van der Waals surface area contributed by atoms with Crippen molar-refractivity contribution < 1.29 is 9.53 Å². The minimum absolute atomic E-state index is 0.0616. The summed E-state index contributed by atoms with van der Waals surface area (Å²) in [5, 5.41) is 3.02. The van der Waals surface area contributed by atoms with E-state index in [9.17, 15) is 4.79 Å².